The quantitative estimate of drug-likeness (QED) is 0.737. The Morgan fingerprint density at radius 1 is 1.42 bits per heavy atom. The molecule has 0 unspecified atom stereocenters. The van der Waals surface area contributed by atoms with Gasteiger partial charge in [0.25, 0.3) is 0 Å². The zero-order chi connectivity index (χ0) is 9.14. The standard InChI is InChI=1S/C8H7Cl2NO/c9-7(10)5-2-1-3-6(4-5)8(11)12/h1-4,7H,(H2,11,12). The second-order valence-corrected chi connectivity index (χ2v) is 3.39. The Labute approximate surface area is 80.3 Å². The third-order valence-electron chi connectivity index (χ3n) is 1.42. The number of hydrogen-bond donors (Lipinski definition) is 1. The molecule has 0 fully saturated rings. The molecule has 1 aromatic rings. The third kappa shape index (κ3) is 2.13. The van der Waals surface area contributed by atoms with Crippen LogP contribution in [0, 0.1) is 0 Å². The third-order valence-corrected chi connectivity index (χ3v) is 1.93. The summed E-state index contributed by atoms with van der Waals surface area (Å²) >= 11 is 11.2. The number of nitrogens with two attached hydrogens (primary N) is 1. The number of rotatable bonds is 2. The van der Waals surface area contributed by atoms with Gasteiger partial charge < -0.3 is 5.73 Å². The molecule has 0 saturated heterocycles. The summed E-state index contributed by atoms with van der Waals surface area (Å²) in [6, 6.07) is 6.61. The summed E-state index contributed by atoms with van der Waals surface area (Å²) in [6.07, 6.45) is 0. The second-order valence-electron chi connectivity index (χ2n) is 2.29. The lowest BCUT2D eigenvalue weighted by molar-refractivity contribution is 0.1000. The van der Waals surface area contributed by atoms with E-state index in [0.29, 0.717) is 11.1 Å². The maximum absolute atomic E-state index is 10.7. The van der Waals surface area contributed by atoms with E-state index in [4.69, 9.17) is 28.9 Å². The highest BCUT2D eigenvalue weighted by Gasteiger charge is 2.05. The molecule has 0 aliphatic rings. The van der Waals surface area contributed by atoms with Crippen LogP contribution in [-0.2, 0) is 0 Å². The van der Waals surface area contributed by atoms with E-state index in [1.165, 1.54) is 0 Å². The molecule has 0 aliphatic heterocycles. The van der Waals surface area contributed by atoms with Crippen LogP contribution in [0.15, 0.2) is 24.3 Å². The van der Waals surface area contributed by atoms with Gasteiger partial charge in [0.2, 0.25) is 5.91 Å². The van der Waals surface area contributed by atoms with Crippen molar-refractivity contribution in [2.45, 2.75) is 4.84 Å². The Hall–Kier alpha value is -0.730. The first-order valence-corrected chi connectivity index (χ1v) is 4.16. The summed E-state index contributed by atoms with van der Waals surface area (Å²) < 4.78 is 0. The van der Waals surface area contributed by atoms with Crippen LogP contribution in [0.4, 0.5) is 0 Å². The number of hydrogen-bond acceptors (Lipinski definition) is 1. The fourth-order valence-corrected chi connectivity index (χ4v) is 1.10. The lowest BCUT2D eigenvalue weighted by Crippen LogP contribution is -2.10. The fraction of sp³-hybridized carbons (Fsp3) is 0.125. The number of benzene rings is 1. The largest absolute Gasteiger partial charge is 0.366 e. The molecular formula is C8H7Cl2NO. The summed E-state index contributed by atoms with van der Waals surface area (Å²) in [4.78, 5) is 10.1. The van der Waals surface area contributed by atoms with Gasteiger partial charge in [-0.2, -0.15) is 0 Å². The summed E-state index contributed by atoms with van der Waals surface area (Å²) in [5.41, 5.74) is 6.15. The van der Waals surface area contributed by atoms with Crippen molar-refractivity contribution in [2.75, 3.05) is 0 Å². The molecule has 0 saturated carbocycles. The van der Waals surface area contributed by atoms with Crippen LogP contribution >= 0.6 is 23.2 Å². The van der Waals surface area contributed by atoms with Crippen molar-refractivity contribution in [3.05, 3.63) is 35.4 Å². The van der Waals surface area contributed by atoms with E-state index in [2.05, 4.69) is 0 Å². The van der Waals surface area contributed by atoms with Crippen molar-refractivity contribution >= 4 is 29.1 Å². The molecule has 0 radical (unpaired) electrons. The van der Waals surface area contributed by atoms with Crippen LogP contribution in [0.5, 0.6) is 0 Å². The maximum atomic E-state index is 10.7. The van der Waals surface area contributed by atoms with Gasteiger partial charge in [-0.3, -0.25) is 4.79 Å². The highest BCUT2D eigenvalue weighted by Crippen LogP contribution is 2.24. The Morgan fingerprint density at radius 3 is 2.58 bits per heavy atom. The average molecular weight is 204 g/mol. The molecule has 0 bridgehead atoms. The zero-order valence-corrected chi connectivity index (χ0v) is 7.64. The molecule has 1 amide bonds. The topological polar surface area (TPSA) is 43.1 Å². The van der Waals surface area contributed by atoms with Crippen LogP contribution < -0.4 is 5.73 Å². The molecule has 12 heavy (non-hydrogen) atoms. The van der Waals surface area contributed by atoms with E-state index < -0.39 is 10.7 Å². The second kappa shape index (κ2) is 3.78. The molecule has 1 rings (SSSR count). The molecule has 0 aromatic heterocycles. The zero-order valence-electron chi connectivity index (χ0n) is 6.13. The van der Waals surface area contributed by atoms with E-state index in [1.54, 1.807) is 24.3 Å². The first-order chi connectivity index (χ1) is 5.61. The molecule has 1 aromatic carbocycles. The van der Waals surface area contributed by atoms with Crippen molar-refractivity contribution in [3.8, 4) is 0 Å². The Kier molecular flexibility index (Phi) is 2.95. The summed E-state index contributed by atoms with van der Waals surface area (Å²) in [6.45, 7) is 0. The SMILES string of the molecule is NC(=O)c1cccc(C(Cl)Cl)c1. The van der Waals surface area contributed by atoms with Crippen molar-refractivity contribution in [1.82, 2.24) is 0 Å². The van der Waals surface area contributed by atoms with E-state index in [1.807, 2.05) is 0 Å². The smallest absolute Gasteiger partial charge is 0.248 e. The van der Waals surface area contributed by atoms with Gasteiger partial charge in [0.05, 0.1) is 0 Å². The van der Waals surface area contributed by atoms with Gasteiger partial charge in [0.1, 0.15) is 4.84 Å². The Morgan fingerprint density at radius 2 is 2.08 bits per heavy atom. The molecule has 0 heterocycles. The van der Waals surface area contributed by atoms with Gasteiger partial charge in [0.15, 0.2) is 0 Å². The Balaban J connectivity index is 3.04. The minimum atomic E-state index is -0.621. The molecule has 0 atom stereocenters. The van der Waals surface area contributed by atoms with Crippen molar-refractivity contribution < 1.29 is 4.79 Å². The van der Waals surface area contributed by atoms with Crippen LogP contribution in [-0.4, -0.2) is 5.91 Å². The molecule has 0 aliphatic carbocycles. The highest BCUT2D eigenvalue weighted by atomic mass is 35.5. The van der Waals surface area contributed by atoms with E-state index >= 15 is 0 Å². The van der Waals surface area contributed by atoms with E-state index in [0.717, 1.165) is 0 Å². The van der Waals surface area contributed by atoms with Crippen molar-refractivity contribution in [3.63, 3.8) is 0 Å². The average Bonchev–Trinajstić information content (AvgIpc) is 2.04. The molecule has 2 nitrogen and oxygen atoms in total. The first-order valence-electron chi connectivity index (χ1n) is 3.29. The van der Waals surface area contributed by atoms with Gasteiger partial charge in [-0.15, -0.1) is 23.2 Å². The minimum Gasteiger partial charge on any atom is -0.366 e. The Bertz CT molecular complexity index is 299. The molecule has 2 N–H and O–H groups in total. The van der Waals surface area contributed by atoms with Gasteiger partial charge in [-0.05, 0) is 17.7 Å². The summed E-state index contributed by atoms with van der Waals surface area (Å²) in [7, 11) is 0. The summed E-state index contributed by atoms with van der Waals surface area (Å²) in [5, 5.41) is 0. The number of carbonyl (C=O) groups excluding carboxylic acids is 1. The van der Waals surface area contributed by atoms with E-state index in [9.17, 15) is 4.79 Å². The molecular weight excluding hydrogens is 197 g/mol. The number of carbonyl (C=O) groups is 1. The monoisotopic (exact) mass is 203 g/mol. The van der Waals surface area contributed by atoms with Crippen LogP contribution in [0.2, 0.25) is 0 Å². The van der Waals surface area contributed by atoms with E-state index in [-0.39, 0.29) is 0 Å². The molecule has 0 spiro atoms. The van der Waals surface area contributed by atoms with Gasteiger partial charge in [0, 0.05) is 5.56 Å². The van der Waals surface area contributed by atoms with Crippen LogP contribution in [0.3, 0.4) is 0 Å². The van der Waals surface area contributed by atoms with Gasteiger partial charge >= 0.3 is 0 Å². The number of amides is 1. The van der Waals surface area contributed by atoms with Gasteiger partial charge in [-0.25, -0.2) is 0 Å². The van der Waals surface area contributed by atoms with Crippen LogP contribution in [0.25, 0.3) is 0 Å². The van der Waals surface area contributed by atoms with Crippen molar-refractivity contribution in [2.24, 2.45) is 5.73 Å². The molecule has 64 valence electrons. The lowest BCUT2D eigenvalue weighted by atomic mass is 10.1. The van der Waals surface area contributed by atoms with Gasteiger partial charge in [-0.1, -0.05) is 12.1 Å². The fourth-order valence-electron chi connectivity index (χ4n) is 0.828. The number of alkyl halides is 2. The highest BCUT2D eigenvalue weighted by molar-refractivity contribution is 6.44. The maximum Gasteiger partial charge on any atom is 0.248 e. The first kappa shape index (κ1) is 9.36. The lowest BCUT2D eigenvalue weighted by Gasteiger charge is -2.01. The predicted octanol–water partition coefficient (Wildman–Crippen LogP) is 2.26. The minimum absolute atomic E-state index is 0.416. The van der Waals surface area contributed by atoms with Crippen LogP contribution in [0.1, 0.15) is 20.8 Å². The van der Waals surface area contributed by atoms with Crippen molar-refractivity contribution in [1.29, 1.82) is 0 Å². The summed E-state index contributed by atoms with van der Waals surface area (Å²) in [5.74, 6) is -0.481. The normalized spacial score (nSPS) is 10.2. The number of primary amides is 1. The number of halogens is 2. The predicted molar refractivity (Wildman–Crippen MR) is 49.4 cm³/mol. The molecule has 4 heteroatoms.